The Balaban J connectivity index is 1.39. The number of rotatable bonds is 5. The minimum atomic E-state index is 0.773. The summed E-state index contributed by atoms with van der Waals surface area (Å²) in [6.07, 6.45) is 5.39. The van der Waals surface area contributed by atoms with Crippen LogP contribution in [0.1, 0.15) is 24.8 Å². The van der Waals surface area contributed by atoms with Crippen LogP contribution >= 0.6 is 11.3 Å². The van der Waals surface area contributed by atoms with Crippen molar-refractivity contribution in [1.82, 2.24) is 10.2 Å². The Morgan fingerprint density at radius 1 is 1.31 bits per heavy atom. The van der Waals surface area contributed by atoms with E-state index in [9.17, 15) is 0 Å². The van der Waals surface area contributed by atoms with Crippen LogP contribution in [-0.4, -0.2) is 36.6 Å². The van der Waals surface area contributed by atoms with E-state index in [2.05, 4.69) is 27.0 Å². The first-order valence-electron chi connectivity index (χ1n) is 6.39. The molecule has 1 unspecified atom stereocenters. The van der Waals surface area contributed by atoms with Crippen LogP contribution in [0, 0.1) is 0 Å². The second-order valence-electron chi connectivity index (χ2n) is 5.11. The molecule has 1 aliphatic heterocycles. The van der Waals surface area contributed by atoms with E-state index in [1.54, 1.807) is 0 Å². The quantitative estimate of drug-likeness (QED) is 0.842. The van der Waals surface area contributed by atoms with E-state index >= 15 is 0 Å². The van der Waals surface area contributed by atoms with E-state index in [1.807, 2.05) is 11.3 Å². The fourth-order valence-corrected chi connectivity index (χ4v) is 3.18. The Hall–Kier alpha value is -0.380. The third-order valence-corrected chi connectivity index (χ3v) is 4.35. The summed E-state index contributed by atoms with van der Waals surface area (Å²) in [4.78, 5) is 2.61. The molecule has 2 heterocycles. The van der Waals surface area contributed by atoms with Crippen molar-refractivity contribution in [2.45, 2.75) is 37.8 Å². The van der Waals surface area contributed by atoms with Gasteiger partial charge in [-0.05, 0) is 54.6 Å². The summed E-state index contributed by atoms with van der Waals surface area (Å²) in [6, 6.07) is 3.89. The zero-order valence-corrected chi connectivity index (χ0v) is 10.5. The zero-order valence-electron chi connectivity index (χ0n) is 9.69. The molecule has 0 bridgehead atoms. The Kier molecular flexibility index (Phi) is 3.27. The van der Waals surface area contributed by atoms with E-state index in [0.717, 1.165) is 12.1 Å². The average molecular weight is 236 g/mol. The van der Waals surface area contributed by atoms with Crippen molar-refractivity contribution < 1.29 is 0 Å². The highest BCUT2D eigenvalue weighted by molar-refractivity contribution is 7.07. The largest absolute Gasteiger partial charge is 0.310 e. The Morgan fingerprint density at radius 2 is 2.25 bits per heavy atom. The van der Waals surface area contributed by atoms with Crippen LogP contribution in [0.5, 0.6) is 0 Å². The number of hydrogen-bond acceptors (Lipinski definition) is 3. The summed E-state index contributed by atoms with van der Waals surface area (Å²) in [6.45, 7) is 3.79. The molecule has 1 saturated carbocycles. The molecule has 0 aromatic carbocycles. The van der Waals surface area contributed by atoms with Gasteiger partial charge >= 0.3 is 0 Å². The van der Waals surface area contributed by atoms with Crippen molar-refractivity contribution >= 4 is 11.3 Å². The smallest absolute Gasteiger partial charge is 0.0209 e. The molecule has 2 aliphatic rings. The standard InChI is InChI=1S/C13H20N2S/c1-2-12(1)14-13-4-7-15(9-13)6-3-11-5-8-16-10-11/h5,8,10,12-14H,1-4,6-7,9H2. The molecule has 16 heavy (non-hydrogen) atoms. The monoisotopic (exact) mass is 236 g/mol. The highest BCUT2D eigenvalue weighted by atomic mass is 32.1. The highest BCUT2D eigenvalue weighted by Crippen LogP contribution is 2.22. The summed E-state index contributed by atoms with van der Waals surface area (Å²) in [5, 5.41) is 8.19. The van der Waals surface area contributed by atoms with Gasteiger partial charge in [0.2, 0.25) is 0 Å². The Morgan fingerprint density at radius 3 is 3.00 bits per heavy atom. The maximum absolute atomic E-state index is 3.74. The normalized spacial score (nSPS) is 26.4. The lowest BCUT2D eigenvalue weighted by Crippen LogP contribution is -2.34. The van der Waals surface area contributed by atoms with Crippen LogP contribution in [0.25, 0.3) is 0 Å². The summed E-state index contributed by atoms with van der Waals surface area (Å²) in [7, 11) is 0. The molecule has 1 aliphatic carbocycles. The van der Waals surface area contributed by atoms with Crippen LogP contribution in [-0.2, 0) is 6.42 Å². The first-order valence-corrected chi connectivity index (χ1v) is 7.34. The first kappa shape index (κ1) is 10.8. The molecule has 1 aromatic heterocycles. The van der Waals surface area contributed by atoms with Crippen LogP contribution in [0.15, 0.2) is 16.8 Å². The van der Waals surface area contributed by atoms with E-state index < -0.39 is 0 Å². The number of nitrogens with one attached hydrogen (secondary N) is 1. The van der Waals surface area contributed by atoms with Gasteiger partial charge in [0, 0.05) is 25.2 Å². The zero-order chi connectivity index (χ0) is 10.8. The minimum absolute atomic E-state index is 0.773. The maximum atomic E-state index is 3.74. The van der Waals surface area contributed by atoms with E-state index in [1.165, 1.54) is 50.9 Å². The van der Waals surface area contributed by atoms with Crippen molar-refractivity contribution in [2.24, 2.45) is 0 Å². The molecular formula is C13H20N2S. The van der Waals surface area contributed by atoms with Crippen molar-refractivity contribution in [2.75, 3.05) is 19.6 Å². The summed E-state index contributed by atoms with van der Waals surface area (Å²) in [5.74, 6) is 0. The molecule has 1 atom stereocenters. The van der Waals surface area contributed by atoms with Crippen LogP contribution in [0.4, 0.5) is 0 Å². The molecule has 0 amide bonds. The average Bonchev–Trinajstić information content (AvgIpc) is 2.81. The SMILES string of the molecule is c1cc(CCN2CCC(NC3CC3)C2)cs1. The lowest BCUT2D eigenvalue weighted by Gasteiger charge is -2.16. The molecule has 1 saturated heterocycles. The minimum Gasteiger partial charge on any atom is -0.310 e. The number of thiophene rings is 1. The first-order chi connectivity index (χ1) is 7.90. The lowest BCUT2D eigenvalue weighted by molar-refractivity contribution is 0.331. The van der Waals surface area contributed by atoms with Gasteiger partial charge in [0.15, 0.2) is 0 Å². The topological polar surface area (TPSA) is 15.3 Å². The van der Waals surface area contributed by atoms with Crippen LogP contribution in [0.2, 0.25) is 0 Å². The second kappa shape index (κ2) is 4.86. The lowest BCUT2D eigenvalue weighted by atomic mass is 10.2. The summed E-state index contributed by atoms with van der Waals surface area (Å²) in [5.41, 5.74) is 1.50. The van der Waals surface area contributed by atoms with Gasteiger partial charge < -0.3 is 10.2 Å². The van der Waals surface area contributed by atoms with Gasteiger partial charge in [0.1, 0.15) is 0 Å². The second-order valence-corrected chi connectivity index (χ2v) is 5.89. The number of likely N-dealkylation sites (tertiary alicyclic amines) is 1. The highest BCUT2D eigenvalue weighted by Gasteiger charge is 2.28. The van der Waals surface area contributed by atoms with Gasteiger partial charge in [-0.1, -0.05) is 0 Å². The molecule has 1 aromatic rings. The van der Waals surface area contributed by atoms with Crippen molar-refractivity contribution in [3.05, 3.63) is 22.4 Å². The Bertz CT molecular complexity index is 319. The molecule has 2 nitrogen and oxygen atoms in total. The molecule has 3 heteroatoms. The van der Waals surface area contributed by atoms with Gasteiger partial charge in [0.05, 0.1) is 0 Å². The molecule has 0 radical (unpaired) electrons. The van der Waals surface area contributed by atoms with Gasteiger partial charge in [0.25, 0.3) is 0 Å². The third-order valence-electron chi connectivity index (χ3n) is 3.62. The maximum Gasteiger partial charge on any atom is 0.0209 e. The fourth-order valence-electron chi connectivity index (χ4n) is 2.48. The summed E-state index contributed by atoms with van der Waals surface area (Å²) < 4.78 is 0. The summed E-state index contributed by atoms with van der Waals surface area (Å²) >= 11 is 1.81. The molecular weight excluding hydrogens is 216 g/mol. The van der Waals surface area contributed by atoms with Gasteiger partial charge in [-0.15, -0.1) is 0 Å². The van der Waals surface area contributed by atoms with Crippen molar-refractivity contribution in [3.63, 3.8) is 0 Å². The molecule has 2 fully saturated rings. The van der Waals surface area contributed by atoms with Crippen LogP contribution in [0.3, 0.4) is 0 Å². The van der Waals surface area contributed by atoms with E-state index in [-0.39, 0.29) is 0 Å². The van der Waals surface area contributed by atoms with Gasteiger partial charge in [-0.2, -0.15) is 11.3 Å². The molecule has 88 valence electrons. The van der Waals surface area contributed by atoms with Crippen LogP contribution < -0.4 is 5.32 Å². The predicted molar refractivity (Wildman–Crippen MR) is 69.0 cm³/mol. The van der Waals surface area contributed by atoms with Gasteiger partial charge in [-0.25, -0.2) is 0 Å². The number of hydrogen-bond donors (Lipinski definition) is 1. The molecule has 0 spiro atoms. The van der Waals surface area contributed by atoms with E-state index in [0.29, 0.717) is 0 Å². The predicted octanol–water partition coefficient (Wildman–Crippen LogP) is 2.12. The van der Waals surface area contributed by atoms with Gasteiger partial charge in [-0.3, -0.25) is 0 Å². The Labute approximate surface area is 102 Å². The molecule has 1 N–H and O–H groups in total. The fraction of sp³-hybridized carbons (Fsp3) is 0.692. The van der Waals surface area contributed by atoms with E-state index in [4.69, 9.17) is 0 Å². The third kappa shape index (κ3) is 2.84. The van der Waals surface area contributed by atoms with Crippen molar-refractivity contribution in [1.29, 1.82) is 0 Å². The van der Waals surface area contributed by atoms with Crippen molar-refractivity contribution in [3.8, 4) is 0 Å². The number of nitrogens with zero attached hydrogens (tertiary/aromatic N) is 1. The molecule has 3 rings (SSSR count).